The highest BCUT2D eigenvalue weighted by atomic mass is 14.6. The lowest BCUT2D eigenvalue weighted by atomic mass is 9.84. The second kappa shape index (κ2) is 7.78. The molecule has 0 radical (unpaired) electrons. The second-order valence-corrected chi connectivity index (χ2v) is 9.22. The number of benzene rings is 6. The predicted octanol–water partition coefficient (Wildman–Crippen LogP) is 9.34. The SMILES string of the molecule is Cc1ccc(-c2c3ccccc3c(-c3cccc4ccccc34)c3ccncc23)c2ccccc12. The van der Waals surface area contributed by atoms with Gasteiger partial charge in [0.05, 0.1) is 0 Å². The Morgan fingerprint density at radius 2 is 1.00 bits per heavy atom. The lowest BCUT2D eigenvalue weighted by Crippen LogP contribution is -1.93. The summed E-state index contributed by atoms with van der Waals surface area (Å²) in [5.41, 5.74) is 6.34. The fraction of sp³-hybridized carbons (Fsp3) is 0.0294. The largest absolute Gasteiger partial charge is 0.264 e. The van der Waals surface area contributed by atoms with Crippen molar-refractivity contribution in [1.29, 1.82) is 0 Å². The van der Waals surface area contributed by atoms with E-state index in [1.807, 2.05) is 12.4 Å². The Morgan fingerprint density at radius 3 is 1.80 bits per heavy atom. The number of hydrogen-bond donors (Lipinski definition) is 0. The van der Waals surface area contributed by atoms with Crippen molar-refractivity contribution in [3.05, 3.63) is 127 Å². The summed E-state index contributed by atoms with van der Waals surface area (Å²) < 4.78 is 0. The molecule has 0 fully saturated rings. The van der Waals surface area contributed by atoms with Crippen LogP contribution in [0.5, 0.6) is 0 Å². The third kappa shape index (κ3) is 2.98. The summed E-state index contributed by atoms with van der Waals surface area (Å²) in [5.74, 6) is 0. The van der Waals surface area contributed by atoms with Crippen molar-refractivity contribution in [1.82, 2.24) is 4.98 Å². The molecule has 1 heteroatoms. The van der Waals surface area contributed by atoms with Gasteiger partial charge in [-0.3, -0.25) is 4.98 Å². The fourth-order valence-corrected chi connectivity index (χ4v) is 5.71. The minimum atomic E-state index is 1.18. The molecule has 0 N–H and O–H groups in total. The molecule has 0 aliphatic heterocycles. The number of pyridine rings is 1. The molecule has 0 spiro atoms. The third-order valence-electron chi connectivity index (χ3n) is 7.30. The molecule has 7 rings (SSSR count). The monoisotopic (exact) mass is 445 g/mol. The Kier molecular flexibility index (Phi) is 4.43. The lowest BCUT2D eigenvalue weighted by molar-refractivity contribution is 1.37. The molecule has 35 heavy (non-hydrogen) atoms. The zero-order chi connectivity index (χ0) is 23.4. The van der Waals surface area contributed by atoms with Crippen molar-refractivity contribution < 1.29 is 0 Å². The Hall–Kier alpha value is -4.49. The molecular weight excluding hydrogens is 422 g/mol. The van der Waals surface area contributed by atoms with Crippen molar-refractivity contribution in [2.45, 2.75) is 6.92 Å². The highest BCUT2D eigenvalue weighted by molar-refractivity contribution is 6.25. The number of fused-ring (bicyclic) bond motifs is 4. The van der Waals surface area contributed by atoms with Gasteiger partial charge in [0.15, 0.2) is 0 Å². The van der Waals surface area contributed by atoms with Gasteiger partial charge in [-0.15, -0.1) is 0 Å². The van der Waals surface area contributed by atoms with Gasteiger partial charge in [-0.1, -0.05) is 103 Å². The van der Waals surface area contributed by atoms with Crippen molar-refractivity contribution in [2.75, 3.05) is 0 Å². The molecule has 0 saturated heterocycles. The van der Waals surface area contributed by atoms with E-state index < -0.39 is 0 Å². The first kappa shape index (κ1) is 19.9. The van der Waals surface area contributed by atoms with Gasteiger partial charge >= 0.3 is 0 Å². The molecule has 0 aliphatic rings. The Bertz CT molecular complexity index is 1850. The molecule has 0 amide bonds. The molecule has 0 bridgehead atoms. The first-order chi connectivity index (χ1) is 17.3. The lowest BCUT2D eigenvalue weighted by Gasteiger charge is -2.19. The van der Waals surface area contributed by atoms with Crippen LogP contribution in [0, 0.1) is 6.92 Å². The normalized spacial score (nSPS) is 11.6. The van der Waals surface area contributed by atoms with Crippen molar-refractivity contribution >= 4 is 43.1 Å². The van der Waals surface area contributed by atoms with Crippen molar-refractivity contribution in [3.8, 4) is 22.3 Å². The van der Waals surface area contributed by atoms with Crippen LogP contribution in [0.4, 0.5) is 0 Å². The molecule has 164 valence electrons. The van der Waals surface area contributed by atoms with Crippen LogP contribution >= 0.6 is 0 Å². The van der Waals surface area contributed by atoms with Crippen LogP contribution in [0.1, 0.15) is 5.56 Å². The molecule has 6 aromatic carbocycles. The molecule has 0 saturated carbocycles. The number of hydrogen-bond acceptors (Lipinski definition) is 1. The number of nitrogens with zero attached hydrogens (tertiary/aromatic N) is 1. The Labute approximate surface area is 204 Å². The molecule has 1 nitrogen and oxygen atoms in total. The van der Waals surface area contributed by atoms with Crippen molar-refractivity contribution in [2.24, 2.45) is 0 Å². The summed E-state index contributed by atoms with van der Waals surface area (Å²) in [5, 5.41) is 10.0. The van der Waals surface area contributed by atoms with E-state index in [2.05, 4.69) is 121 Å². The highest BCUT2D eigenvalue weighted by Gasteiger charge is 2.19. The van der Waals surface area contributed by atoms with Crippen LogP contribution in [0.2, 0.25) is 0 Å². The molecule has 0 unspecified atom stereocenters. The van der Waals surface area contributed by atoms with Crippen molar-refractivity contribution in [3.63, 3.8) is 0 Å². The van der Waals surface area contributed by atoms with E-state index in [1.54, 1.807) is 0 Å². The summed E-state index contributed by atoms with van der Waals surface area (Å²) in [6, 6.07) is 39.5. The molecule has 0 atom stereocenters. The van der Waals surface area contributed by atoms with E-state index >= 15 is 0 Å². The van der Waals surface area contributed by atoms with E-state index in [9.17, 15) is 0 Å². The van der Waals surface area contributed by atoms with Gasteiger partial charge in [0, 0.05) is 17.8 Å². The van der Waals surface area contributed by atoms with Gasteiger partial charge in [0.25, 0.3) is 0 Å². The maximum Gasteiger partial charge on any atom is 0.0353 e. The van der Waals surface area contributed by atoms with Crippen LogP contribution in [0.15, 0.2) is 122 Å². The number of rotatable bonds is 2. The maximum atomic E-state index is 4.60. The van der Waals surface area contributed by atoms with E-state index in [0.29, 0.717) is 0 Å². The van der Waals surface area contributed by atoms with Crippen LogP contribution in [-0.4, -0.2) is 4.98 Å². The molecule has 1 heterocycles. The van der Waals surface area contributed by atoms with Crippen LogP contribution in [0.3, 0.4) is 0 Å². The van der Waals surface area contributed by atoms with Gasteiger partial charge < -0.3 is 0 Å². The molecular formula is C34H23N. The topological polar surface area (TPSA) is 12.9 Å². The van der Waals surface area contributed by atoms with Gasteiger partial charge in [-0.05, 0) is 78.5 Å². The maximum absolute atomic E-state index is 4.60. The number of aromatic nitrogens is 1. The summed E-state index contributed by atoms with van der Waals surface area (Å²) in [6.45, 7) is 2.19. The first-order valence-electron chi connectivity index (χ1n) is 12.1. The van der Waals surface area contributed by atoms with E-state index in [0.717, 1.165) is 0 Å². The van der Waals surface area contributed by atoms with E-state index in [4.69, 9.17) is 0 Å². The minimum Gasteiger partial charge on any atom is -0.264 e. The molecule has 1 aromatic heterocycles. The van der Waals surface area contributed by atoms with Crippen LogP contribution in [0.25, 0.3) is 65.3 Å². The second-order valence-electron chi connectivity index (χ2n) is 9.22. The summed E-state index contributed by atoms with van der Waals surface area (Å²) in [4.78, 5) is 4.60. The van der Waals surface area contributed by atoms with Crippen LogP contribution in [-0.2, 0) is 0 Å². The molecule has 7 aromatic rings. The fourth-order valence-electron chi connectivity index (χ4n) is 5.71. The first-order valence-corrected chi connectivity index (χ1v) is 12.1. The predicted molar refractivity (Wildman–Crippen MR) is 150 cm³/mol. The highest BCUT2D eigenvalue weighted by Crippen LogP contribution is 2.46. The van der Waals surface area contributed by atoms with E-state index in [1.165, 1.54) is 70.9 Å². The quantitative estimate of drug-likeness (QED) is 0.242. The van der Waals surface area contributed by atoms with E-state index in [-0.39, 0.29) is 0 Å². The summed E-state index contributed by atoms with van der Waals surface area (Å²) in [7, 11) is 0. The summed E-state index contributed by atoms with van der Waals surface area (Å²) in [6.07, 6.45) is 3.96. The average molecular weight is 446 g/mol. The summed E-state index contributed by atoms with van der Waals surface area (Å²) >= 11 is 0. The Balaban J connectivity index is 1.70. The third-order valence-corrected chi connectivity index (χ3v) is 7.30. The minimum absolute atomic E-state index is 1.18. The van der Waals surface area contributed by atoms with Gasteiger partial charge in [0.1, 0.15) is 0 Å². The van der Waals surface area contributed by atoms with Gasteiger partial charge in [0.2, 0.25) is 0 Å². The zero-order valence-corrected chi connectivity index (χ0v) is 19.5. The number of aryl methyl sites for hydroxylation is 1. The van der Waals surface area contributed by atoms with Gasteiger partial charge in [-0.2, -0.15) is 0 Å². The zero-order valence-electron chi connectivity index (χ0n) is 19.5. The Morgan fingerprint density at radius 1 is 0.429 bits per heavy atom. The van der Waals surface area contributed by atoms with Gasteiger partial charge in [-0.25, -0.2) is 0 Å². The van der Waals surface area contributed by atoms with Crippen LogP contribution < -0.4 is 0 Å². The molecule has 0 aliphatic carbocycles. The standard InChI is InChI=1S/C34H23N/c1-22-17-18-30(26-13-5-4-11-24(22)26)34-29-15-7-6-14-28(29)33(31-19-20-35-21-32(31)34)27-16-8-10-23-9-2-3-12-25(23)27/h2-21H,1H3. The average Bonchev–Trinajstić information content (AvgIpc) is 2.92. The smallest absolute Gasteiger partial charge is 0.0353 e.